The molecule has 0 saturated heterocycles. The summed E-state index contributed by atoms with van der Waals surface area (Å²) in [5.74, 6) is -4.97. The zero-order valence-corrected chi connectivity index (χ0v) is 36.6. The van der Waals surface area contributed by atoms with Crippen molar-refractivity contribution in [3.05, 3.63) is 119 Å². The molecule has 7 N–H and O–H groups in total. The van der Waals surface area contributed by atoms with Gasteiger partial charge in [0.05, 0.1) is 38.6 Å². The zero-order chi connectivity index (χ0) is 48.6. The van der Waals surface area contributed by atoms with Crippen LogP contribution in [0, 0.1) is 29.6 Å². The van der Waals surface area contributed by atoms with E-state index in [9.17, 15) is 61.3 Å². The highest BCUT2D eigenvalue weighted by Gasteiger charge is 2.24. The van der Waals surface area contributed by atoms with Gasteiger partial charge in [0.2, 0.25) is 5.91 Å². The van der Waals surface area contributed by atoms with Gasteiger partial charge in [-0.1, -0.05) is 35.6 Å². The minimum Gasteiger partial charge on any atom is -0.481 e. The third-order valence-electron chi connectivity index (χ3n) is 9.13. The Labute approximate surface area is 384 Å². The van der Waals surface area contributed by atoms with Crippen molar-refractivity contribution in [2.24, 2.45) is 20.5 Å². The number of carbonyl (C=O) groups excluding carboxylic acids is 1. The molecule has 25 heteroatoms. The standard InChI is InChI=1S/C42H30N10O12S3/c1-21-31(19-43)37(46-27-8-4-10-30(18-27)67(62,63)64)48-38(47-26-7-3-9-29(17-26)66(60)61)36(21)50-51-39-32(20-44)35(22-5-2-6-25(14-22)45-33(53)11-12-34(54)55)40(65-39)52-49-28-15-23(41(56)57)13-24(16-28)42(58)59/h2-10,13-18,66H,11-12H2,1H3,(H,45,53)(H,54,55)(H,56,57)(H,58,59)(H2,46,47,48)(H,62,63,64). The first kappa shape index (κ1) is 47.7. The number of carboxylic acid groups (broad SMARTS) is 3. The molecule has 6 rings (SSSR count). The van der Waals surface area contributed by atoms with Gasteiger partial charge >= 0.3 is 17.9 Å². The molecule has 6 aromatic rings. The number of hydrogen-bond donors (Lipinski definition) is 8. The third kappa shape index (κ3) is 11.7. The van der Waals surface area contributed by atoms with Crippen LogP contribution in [-0.2, 0) is 30.4 Å². The number of pyridine rings is 1. The Morgan fingerprint density at radius 1 is 0.731 bits per heavy atom. The number of anilines is 5. The summed E-state index contributed by atoms with van der Waals surface area (Å²) in [5, 5.41) is 74.6. The summed E-state index contributed by atoms with van der Waals surface area (Å²) in [6.45, 7) is 1.47. The average molecular weight is 963 g/mol. The number of carbonyl (C=O) groups is 4. The highest BCUT2D eigenvalue weighted by molar-refractivity contribution is 7.85. The molecule has 0 spiro atoms. The summed E-state index contributed by atoms with van der Waals surface area (Å²) in [6.07, 6.45) is -0.791. The van der Waals surface area contributed by atoms with Gasteiger partial charge < -0.3 is 31.3 Å². The highest BCUT2D eigenvalue weighted by atomic mass is 32.2. The van der Waals surface area contributed by atoms with E-state index in [-0.39, 0.29) is 89.2 Å². The van der Waals surface area contributed by atoms with E-state index in [1.165, 1.54) is 61.5 Å². The van der Waals surface area contributed by atoms with Gasteiger partial charge in [0, 0.05) is 34.6 Å². The molecule has 0 aliphatic heterocycles. The van der Waals surface area contributed by atoms with Gasteiger partial charge in [-0.3, -0.25) is 14.1 Å². The Bertz CT molecular complexity index is 3330. The SMILES string of the molecule is Cc1c(C#N)c(Nc2cccc(S(=O)(=O)O)c2)nc(Nc2cccc([SH](=O)=O)c2)c1N=Nc1sc(N=Nc2cc(C(=O)O)cc(C(=O)O)c2)c(-c2cccc(NC(=O)CCC(=O)O)c2)c1C#N. The number of hydrogen-bond acceptors (Lipinski definition) is 18. The van der Waals surface area contributed by atoms with Gasteiger partial charge in [0.1, 0.15) is 28.4 Å². The molecule has 0 saturated carbocycles. The van der Waals surface area contributed by atoms with Crippen LogP contribution in [0.2, 0.25) is 0 Å². The molecule has 338 valence electrons. The smallest absolute Gasteiger partial charge is 0.335 e. The Morgan fingerprint density at radius 2 is 1.34 bits per heavy atom. The van der Waals surface area contributed by atoms with E-state index in [2.05, 4.69) is 47.5 Å². The maximum Gasteiger partial charge on any atom is 0.335 e. The van der Waals surface area contributed by atoms with E-state index >= 15 is 0 Å². The van der Waals surface area contributed by atoms with Crippen molar-refractivity contribution in [3.63, 3.8) is 0 Å². The first-order chi connectivity index (χ1) is 31.8. The number of aliphatic carboxylic acids is 1. The highest BCUT2D eigenvalue weighted by Crippen LogP contribution is 2.49. The van der Waals surface area contributed by atoms with E-state index in [1.807, 2.05) is 6.07 Å². The third-order valence-corrected chi connectivity index (χ3v) is 11.6. The largest absolute Gasteiger partial charge is 0.481 e. The number of nitrogens with zero attached hydrogens (tertiary/aromatic N) is 7. The number of nitrogens with one attached hydrogen (secondary N) is 3. The summed E-state index contributed by atoms with van der Waals surface area (Å²) in [4.78, 5) is 51.2. The number of nitriles is 2. The number of azo groups is 2. The van der Waals surface area contributed by atoms with Crippen LogP contribution in [0.5, 0.6) is 0 Å². The summed E-state index contributed by atoms with van der Waals surface area (Å²) in [5.41, 5.74) is -0.484. The molecule has 0 aliphatic carbocycles. The molecule has 0 bridgehead atoms. The number of rotatable bonds is 17. The number of amides is 1. The van der Waals surface area contributed by atoms with Crippen molar-refractivity contribution in [1.29, 1.82) is 10.5 Å². The minimum absolute atomic E-state index is 0.0430. The second-order valence-corrected chi connectivity index (χ2v) is 17.1. The summed E-state index contributed by atoms with van der Waals surface area (Å²) in [6, 6.07) is 23.7. The molecule has 0 unspecified atom stereocenters. The topological polar surface area (TPSA) is 363 Å². The fraction of sp³-hybridized carbons (Fsp3) is 0.0714. The van der Waals surface area contributed by atoms with Crippen molar-refractivity contribution < 1.29 is 55.9 Å². The lowest BCUT2D eigenvalue weighted by molar-refractivity contribution is -0.138. The summed E-state index contributed by atoms with van der Waals surface area (Å²) >= 11 is 0.752. The quantitative estimate of drug-likeness (QED) is 0.0241. The molecule has 0 aliphatic rings. The first-order valence-corrected chi connectivity index (χ1v) is 22.2. The number of benzene rings is 4. The predicted molar refractivity (Wildman–Crippen MR) is 240 cm³/mol. The van der Waals surface area contributed by atoms with Crippen molar-refractivity contribution in [2.75, 3.05) is 16.0 Å². The van der Waals surface area contributed by atoms with E-state index < -0.39 is 67.1 Å². The lowest BCUT2D eigenvalue weighted by Gasteiger charge is -2.16. The van der Waals surface area contributed by atoms with Crippen LogP contribution in [-0.4, -0.2) is 65.5 Å². The van der Waals surface area contributed by atoms with E-state index in [4.69, 9.17) is 5.11 Å². The van der Waals surface area contributed by atoms with Gasteiger partial charge in [-0.2, -0.15) is 18.9 Å². The second-order valence-electron chi connectivity index (χ2n) is 13.7. The first-order valence-electron chi connectivity index (χ1n) is 18.8. The zero-order valence-electron chi connectivity index (χ0n) is 34.0. The van der Waals surface area contributed by atoms with Gasteiger partial charge in [0.15, 0.2) is 27.3 Å². The van der Waals surface area contributed by atoms with Gasteiger partial charge in [0.25, 0.3) is 10.1 Å². The minimum atomic E-state index is -4.63. The molecule has 0 radical (unpaired) electrons. The Hall–Kier alpha value is -8.75. The Balaban J connectivity index is 1.53. The van der Waals surface area contributed by atoms with Crippen LogP contribution < -0.4 is 16.0 Å². The Morgan fingerprint density at radius 3 is 1.97 bits per heavy atom. The van der Waals surface area contributed by atoms with Crippen LogP contribution in [0.3, 0.4) is 0 Å². The lowest BCUT2D eigenvalue weighted by atomic mass is 10.0. The molecule has 2 heterocycles. The average Bonchev–Trinajstić information content (AvgIpc) is 3.64. The van der Waals surface area contributed by atoms with Crippen LogP contribution >= 0.6 is 11.3 Å². The monoisotopic (exact) mass is 962 g/mol. The van der Waals surface area contributed by atoms with E-state index in [1.54, 1.807) is 6.07 Å². The molecule has 67 heavy (non-hydrogen) atoms. The number of thiol groups is 1. The number of thiophene rings is 1. The maximum atomic E-state index is 12.6. The second kappa shape index (κ2) is 20.4. The fourth-order valence-corrected chi connectivity index (χ4v) is 7.96. The van der Waals surface area contributed by atoms with Gasteiger partial charge in [-0.05, 0) is 79.2 Å². The van der Waals surface area contributed by atoms with Crippen LogP contribution in [0.4, 0.5) is 50.1 Å². The molecule has 0 fully saturated rings. The summed E-state index contributed by atoms with van der Waals surface area (Å²) in [7, 11) is -7.66. The molecular weight excluding hydrogens is 933 g/mol. The number of aromatic carboxylic acids is 2. The number of aromatic nitrogens is 1. The van der Waals surface area contributed by atoms with E-state index in [0.29, 0.717) is 0 Å². The normalized spacial score (nSPS) is 11.3. The molecule has 4 aromatic carbocycles. The Kier molecular flexibility index (Phi) is 14.5. The molecular formula is C42H30N10O12S3. The van der Waals surface area contributed by atoms with Gasteiger partial charge in [-0.15, -0.1) is 20.5 Å². The van der Waals surface area contributed by atoms with Crippen molar-refractivity contribution in [3.8, 4) is 23.3 Å². The summed E-state index contributed by atoms with van der Waals surface area (Å²) < 4.78 is 57.1. The molecule has 2 aromatic heterocycles. The van der Waals surface area contributed by atoms with Crippen LogP contribution in [0.15, 0.2) is 121 Å². The molecule has 0 atom stereocenters. The molecule has 1 amide bonds. The maximum absolute atomic E-state index is 12.6. The van der Waals surface area contributed by atoms with Crippen LogP contribution in [0.1, 0.15) is 50.2 Å². The molecule has 22 nitrogen and oxygen atoms in total. The number of carboxylic acids is 3. The van der Waals surface area contributed by atoms with Crippen molar-refractivity contribution >= 4 is 106 Å². The fourth-order valence-electron chi connectivity index (χ4n) is 6.07. The lowest BCUT2D eigenvalue weighted by Crippen LogP contribution is -2.13. The van der Waals surface area contributed by atoms with Gasteiger partial charge in [-0.25, -0.2) is 23.0 Å². The van der Waals surface area contributed by atoms with Crippen LogP contribution in [0.25, 0.3) is 11.1 Å². The predicted octanol–water partition coefficient (Wildman–Crippen LogP) is 8.60. The van der Waals surface area contributed by atoms with Crippen molar-refractivity contribution in [2.45, 2.75) is 29.6 Å². The van der Waals surface area contributed by atoms with E-state index in [0.717, 1.165) is 41.7 Å². The van der Waals surface area contributed by atoms with Crippen molar-refractivity contribution in [1.82, 2.24) is 4.98 Å².